The van der Waals surface area contributed by atoms with Gasteiger partial charge in [-0.3, -0.25) is 9.10 Å². The summed E-state index contributed by atoms with van der Waals surface area (Å²) in [5.74, 6) is -2.60. The Morgan fingerprint density at radius 3 is 2.30 bits per heavy atom. The van der Waals surface area contributed by atoms with Crippen molar-refractivity contribution in [1.82, 2.24) is 10.3 Å². The van der Waals surface area contributed by atoms with Crippen molar-refractivity contribution in [2.75, 3.05) is 11.4 Å². The summed E-state index contributed by atoms with van der Waals surface area (Å²) < 4.78 is 90.2. The van der Waals surface area contributed by atoms with Crippen LogP contribution in [0, 0.1) is 11.6 Å². The number of nitrogens with one attached hydrogen (secondary N) is 1. The summed E-state index contributed by atoms with van der Waals surface area (Å²) in [4.78, 5) is 16.5. The van der Waals surface area contributed by atoms with Crippen LogP contribution in [0.3, 0.4) is 0 Å². The fourth-order valence-corrected chi connectivity index (χ4v) is 3.95. The largest absolute Gasteiger partial charge is 0.433 e. The van der Waals surface area contributed by atoms with Crippen LogP contribution >= 0.6 is 0 Å². The maximum Gasteiger partial charge on any atom is 0.433 e. The van der Waals surface area contributed by atoms with E-state index in [0.29, 0.717) is 17.5 Å². The molecule has 1 atom stereocenters. The van der Waals surface area contributed by atoms with Crippen molar-refractivity contribution in [3.63, 3.8) is 0 Å². The lowest BCUT2D eigenvalue weighted by atomic mass is 9.99. The third-order valence-electron chi connectivity index (χ3n) is 5.83. The molecular formula is C25H24F5N3O3S. The molecule has 6 nitrogen and oxygen atoms in total. The van der Waals surface area contributed by atoms with E-state index in [0.717, 1.165) is 16.4 Å². The van der Waals surface area contributed by atoms with Gasteiger partial charge in [0.15, 0.2) is 0 Å². The molecule has 1 aromatic heterocycles. The van der Waals surface area contributed by atoms with Crippen molar-refractivity contribution in [1.29, 1.82) is 0 Å². The third-order valence-corrected chi connectivity index (χ3v) is 6.54. The molecule has 0 fully saturated rings. The Bertz CT molecular complexity index is 1340. The van der Waals surface area contributed by atoms with E-state index in [-0.39, 0.29) is 29.9 Å². The first-order valence-electron chi connectivity index (χ1n) is 11.1. The SMILES string of the molecule is CC(C(=O)NCc1ccc(C(F)(F)F)nc1CCc1ccc(F)cc1)c1ccc(N(C)[SH](=O)=O)c(F)c1. The number of pyridine rings is 1. The zero-order chi connectivity index (χ0) is 27.3. The summed E-state index contributed by atoms with van der Waals surface area (Å²) in [5, 5.41) is 2.64. The molecule has 1 heterocycles. The van der Waals surface area contributed by atoms with Gasteiger partial charge in [-0.25, -0.2) is 22.2 Å². The minimum absolute atomic E-state index is 0.118. The summed E-state index contributed by atoms with van der Waals surface area (Å²) in [6.07, 6.45) is -4.22. The first kappa shape index (κ1) is 28.0. The number of halogens is 5. The van der Waals surface area contributed by atoms with Gasteiger partial charge < -0.3 is 5.32 Å². The van der Waals surface area contributed by atoms with Gasteiger partial charge in [-0.05, 0) is 66.8 Å². The van der Waals surface area contributed by atoms with E-state index in [2.05, 4.69) is 10.3 Å². The molecule has 2 aromatic carbocycles. The first-order chi connectivity index (χ1) is 17.4. The molecule has 3 aromatic rings. The number of nitrogens with zero attached hydrogens (tertiary/aromatic N) is 2. The predicted octanol–water partition coefficient (Wildman–Crippen LogP) is 4.55. The number of amides is 1. The Morgan fingerprint density at radius 1 is 1.03 bits per heavy atom. The van der Waals surface area contributed by atoms with E-state index in [1.165, 1.54) is 56.4 Å². The van der Waals surface area contributed by atoms with Crippen LogP contribution in [0.5, 0.6) is 0 Å². The summed E-state index contributed by atoms with van der Waals surface area (Å²) in [6, 6.07) is 11.4. The first-order valence-corrected chi connectivity index (χ1v) is 12.3. The Labute approximate surface area is 212 Å². The maximum absolute atomic E-state index is 14.4. The highest BCUT2D eigenvalue weighted by Crippen LogP contribution is 2.29. The molecule has 0 spiro atoms. The van der Waals surface area contributed by atoms with Crippen LogP contribution in [0.4, 0.5) is 27.6 Å². The van der Waals surface area contributed by atoms with Crippen molar-refractivity contribution in [3.8, 4) is 0 Å². The fraction of sp³-hybridized carbons (Fsp3) is 0.280. The molecule has 12 heteroatoms. The smallest absolute Gasteiger partial charge is 0.351 e. The molecule has 0 radical (unpaired) electrons. The van der Waals surface area contributed by atoms with Crippen molar-refractivity contribution in [2.24, 2.45) is 0 Å². The summed E-state index contributed by atoms with van der Waals surface area (Å²) in [5.41, 5.74) is 0.270. The quantitative estimate of drug-likeness (QED) is 0.308. The summed E-state index contributed by atoms with van der Waals surface area (Å²) in [6.45, 7) is 1.40. The number of benzene rings is 2. The second-order valence-corrected chi connectivity index (χ2v) is 9.41. The number of hydrogen-bond donors (Lipinski definition) is 2. The Hall–Kier alpha value is -3.54. The zero-order valence-corrected chi connectivity index (χ0v) is 20.7. The Morgan fingerprint density at radius 2 is 1.70 bits per heavy atom. The molecule has 37 heavy (non-hydrogen) atoms. The molecule has 1 unspecified atom stereocenters. The molecule has 1 N–H and O–H groups in total. The lowest BCUT2D eigenvalue weighted by molar-refractivity contribution is -0.141. The van der Waals surface area contributed by atoms with Crippen LogP contribution in [0.1, 0.15) is 40.9 Å². The molecule has 1 amide bonds. The van der Waals surface area contributed by atoms with Gasteiger partial charge in [-0.15, -0.1) is 0 Å². The van der Waals surface area contributed by atoms with Gasteiger partial charge in [0, 0.05) is 19.3 Å². The second-order valence-electron chi connectivity index (χ2n) is 8.34. The van der Waals surface area contributed by atoms with Crippen LogP contribution < -0.4 is 9.62 Å². The molecule has 0 aliphatic rings. The predicted molar refractivity (Wildman–Crippen MR) is 128 cm³/mol. The second kappa shape index (κ2) is 11.7. The van der Waals surface area contributed by atoms with Gasteiger partial charge >= 0.3 is 6.18 Å². The molecule has 0 saturated carbocycles. The number of carbonyl (C=O) groups is 1. The summed E-state index contributed by atoms with van der Waals surface area (Å²) >= 11 is 0. The Kier molecular flexibility index (Phi) is 8.85. The van der Waals surface area contributed by atoms with Gasteiger partial charge in [0.05, 0.1) is 11.6 Å². The number of hydrogen-bond acceptors (Lipinski definition) is 4. The van der Waals surface area contributed by atoms with E-state index in [1.54, 1.807) is 0 Å². The van der Waals surface area contributed by atoms with Gasteiger partial charge in [0.1, 0.15) is 17.3 Å². The minimum Gasteiger partial charge on any atom is -0.351 e. The van der Waals surface area contributed by atoms with Gasteiger partial charge in [-0.2, -0.15) is 13.2 Å². The average Bonchev–Trinajstić information content (AvgIpc) is 2.85. The van der Waals surface area contributed by atoms with Gasteiger partial charge in [-0.1, -0.05) is 24.3 Å². The number of aromatic nitrogens is 1. The van der Waals surface area contributed by atoms with Gasteiger partial charge in [0.25, 0.3) is 0 Å². The number of alkyl halides is 3. The van der Waals surface area contributed by atoms with E-state index in [9.17, 15) is 35.2 Å². The standard InChI is InChI=1S/C25H24F5N3O3S/c1-15(17-6-11-22(20(27)13-17)33(2)37(35)36)24(34)31-14-18-7-12-23(25(28,29)30)32-21(18)10-5-16-3-8-19(26)9-4-16/h3-4,6-9,11-13,15,37H,5,10,14H2,1-2H3,(H,31,34). The van der Waals surface area contributed by atoms with Crippen LogP contribution in [-0.4, -0.2) is 26.4 Å². The van der Waals surface area contributed by atoms with Crippen molar-refractivity contribution < 1.29 is 35.2 Å². The number of carbonyl (C=O) groups excluding carboxylic acids is 1. The molecule has 0 aliphatic carbocycles. The van der Waals surface area contributed by atoms with E-state index >= 15 is 0 Å². The van der Waals surface area contributed by atoms with Crippen molar-refractivity contribution in [2.45, 2.75) is 38.4 Å². The number of rotatable bonds is 9. The van der Waals surface area contributed by atoms with E-state index in [1.807, 2.05) is 0 Å². The molecule has 0 saturated heterocycles. The number of thiol groups is 1. The highest BCUT2D eigenvalue weighted by atomic mass is 32.2. The van der Waals surface area contributed by atoms with Crippen molar-refractivity contribution >= 4 is 22.5 Å². The normalized spacial score (nSPS) is 12.4. The van der Waals surface area contributed by atoms with Gasteiger partial charge in [0.2, 0.25) is 16.8 Å². The lowest BCUT2D eigenvalue weighted by Crippen LogP contribution is -2.28. The summed E-state index contributed by atoms with van der Waals surface area (Å²) in [7, 11) is -1.85. The minimum atomic E-state index is -4.65. The van der Waals surface area contributed by atoms with Crippen LogP contribution in [0.2, 0.25) is 0 Å². The number of anilines is 1. The average molecular weight is 542 g/mol. The van der Waals surface area contributed by atoms with Crippen molar-refractivity contribution in [3.05, 3.63) is 94.3 Å². The molecule has 0 aliphatic heterocycles. The maximum atomic E-state index is 14.4. The molecule has 0 bridgehead atoms. The third kappa shape index (κ3) is 7.25. The highest BCUT2D eigenvalue weighted by molar-refractivity contribution is 7.74. The number of aryl methyl sites for hydroxylation is 2. The molecule has 3 rings (SSSR count). The van der Waals surface area contributed by atoms with Crippen LogP contribution in [0.25, 0.3) is 0 Å². The fourth-order valence-electron chi connectivity index (χ4n) is 3.61. The highest BCUT2D eigenvalue weighted by Gasteiger charge is 2.33. The van der Waals surface area contributed by atoms with Crippen LogP contribution in [0.15, 0.2) is 54.6 Å². The molecule has 198 valence electrons. The zero-order valence-electron chi connectivity index (χ0n) is 19.9. The van der Waals surface area contributed by atoms with Crippen LogP contribution in [-0.2, 0) is 41.2 Å². The van der Waals surface area contributed by atoms with E-state index in [4.69, 9.17) is 0 Å². The Balaban J connectivity index is 1.75. The lowest BCUT2D eigenvalue weighted by Gasteiger charge is -2.17. The van der Waals surface area contributed by atoms with E-state index < -0.39 is 46.2 Å². The monoisotopic (exact) mass is 541 g/mol. The molecular weight excluding hydrogens is 517 g/mol. The topological polar surface area (TPSA) is 79.4 Å².